The minimum atomic E-state index is -0.626. The highest BCUT2D eigenvalue weighted by molar-refractivity contribution is 14.1. The largest absolute Gasteiger partial charge is 0.508 e. The second kappa shape index (κ2) is 5.48. The summed E-state index contributed by atoms with van der Waals surface area (Å²) >= 11 is 2.23. The van der Waals surface area contributed by atoms with Crippen LogP contribution >= 0.6 is 22.6 Å². The van der Waals surface area contributed by atoms with Crippen molar-refractivity contribution in [2.24, 2.45) is 17.3 Å². The summed E-state index contributed by atoms with van der Waals surface area (Å²) in [6, 6.07) is 5.96. The van der Waals surface area contributed by atoms with Crippen LogP contribution in [0.15, 0.2) is 28.4 Å². The molecule has 2 saturated carbocycles. The number of phenolic OH excluding ortho intramolecular Hbond substituents is 1. The normalized spacial score (nSPS) is 42.3. The average Bonchev–Trinajstić information content (AvgIpc) is 2.79. The molecule has 5 atom stereocenters. The second-order valence-corrected chi connectivity index (χ2v) is 8.73. The topological polar surface area (TPSA) is 40.5 Å². The number of fused-ring (bicyclic) bond motifs is 5. The molecule has 4 rings (SSSR count). The van der Waals surface area contributed by atoms with Crippen LogP contribution in [0.2, 0.25) is 0 Å². The average molecular weight is 424 g/mol. The fourth-order valence-corrected chi connectivity index (χ4v) is 6.59. The highest BCUT2D eigenvalue weighted by atomic mass is 127. The molecule has 1 aromatic carbocycles. The summed E-state index contributed by atoms with van der Waals surface area (Å²) < 4.78 is 2.00. The molecule has 3 aliphatic rings. The van der Waals surface area contributed by atoms with Gasteiger partial charge >= 0.3 is 0 Å². The van der Waals surface area contributed by atoms with E-state index in [1.165, 1.54) is 17.5 Å². The lowest BCUT2D eigenvalue weighted by Gasteiger charge is -2.52. The quantitative estimate of drug-likeness (QED) is 0.628. The van der Waals surface area contributed by atoms with E-state index in [9.17, 15) is 10.2 Å². The fraction of sp³-hybridized carbons (Fsp3) is 0.600. The summed E-state index contributed by atoms with van der Waals surface area (Å²) in [6.07, 6.45) is 8.61. The zero-order chi connectivity index (χ0) is 16.2. The molecule has 0 spiro atoms. The number of phenols is 1. The van der Waals surface area contributed by atoms with Crippen molar-refractivity contribution in [3.63, 3.8) is 0 Å². The van der Waals surface area contributed by atoms with Gasteiger partial charge in [-0.05, 0) is 89.7 Å². The number of hydrogen-bond donors (Lipinski definition) is 2. The van der Waals surface area contributed by atoms with Gasteiger partial charge in [0.15, 0.2) is 0 Å². The molecule has 0 aromatic heterocycles. The Balaban J connectivity index is 1.70. The molecule has 124 valence electrons. The van der Waals surface area contributed by atoms with Crippen molar-refractivity contribution in [3.05, 3.63) is 39.5 Å². The summed E-state index contributed by atoms with van der Waals surface area (Å²) in [5.74, 6) is 2.30. The Morgan fingerprint density at radius 3 is 2.83 bits per heavy atom. The van der Waals surface area contributed by atoms with Gasteiger partial charge in [-0.25, -0.2) is 0 Å². The lowest BCUT2D eigenvalue weighted by molar-refractivity contribution is -0.0708. The number of rotatable bonds is 1. The SMILES string of the molecule is CC12CCC3c4ccc(O)cc4CCC3C1CCC2(O)C=CI. The van der Waals surface area contributed by atoms with Crippen LogP contribution < -0.4 is 0 Å². The molecule has 1 aromatic rings. The number of aromatic hydroxyl groups is 1. The van der Waals surface area contributed by atoms with Crippen molar-refractivity contribution in [1.29, 1.82) is 0 Å². The molecule has 3 heteroatoms. The number of benzene rings is 1. The zero-order valence-electron chi connectivity index (χ0n) is 13.6. The lowest BCUT2D eigenvalue weighted by Crippen LogP contribution is -2.49. The van der Waals surface area contributed by atoms with E-state index < -0.39 is 5.60 Å². The first-order valence-corrected chi connectivity index (χ1v) is 10.1. The first-order chi connectivity index (χ1) is 11.0. The van der Waals surface area contributed by atoms with Crippen molar-refractivity contribution in [2.45, 2.75) is 57.0 Å². The first-order valence-electron chi connectivity index (χ1n) is 8.80. The smallest absolute Gasteiger partial charge is 0.115 e. The highest BCUT2D eigenvalue weighted by Gasteiger charge is 2.60. The van der Waals surface area contributed by atoms with Crippen LogP contribution in [0.25, 0.3) is 0 Å². The van der Waals surface area contributed by atoms with Gasteiger partial charge in [-0.15, -0.1) is 0 Å². The van der Waals surface area contributed by atoms with E-state index in [0.29, 0.717) is 23.5 Å². The van der Waals surface area contributed by atoms with E-state index in [2.05, 4.69) is 35.6 Å². The second-order valence-electron chi connectivity index (χ2n) is 8.01. The predicted molar refractivity (Wildman–Crippen MR) is 101 cm³/mol. The van der Waals surface area contributed by atoms with Crippen LogP contribution in [0.4, 0.5) is 0 Å². The van der Waals surface area contributed by atoms with E-state index in [-0.39, 0.29) is 5.41 Å². The lowest BCUT2D eigenvalue weighted by atomic mass is 9.53. The number of halogens is 1. The zero-order valence-corrected chi connectivity index (χ0v) is 15.8. The minimum Gasteiger partial charge on any atom is -0.508 e. The van der Waals surface area contributed by atoms with Gasteiger partial charge in [0.05, 0.1) is 5.60 Å². The summed E-state index contributed by atoms with van der Waals surface area (Å²) in [4.78, 5) is 0. The molecule has 5 unspecified atom stereocenters. The van der Waals surface area contributed by atoms with Crippen molar-refractivity contribution in [1.82, 2.24) is 0 Å². The van der Waals surface area contributed by atoms with Crippen LogP contribution in [0.5, 0.6) is 5.75 Å². The van der Waals surface area contributed by atoms with Crippen LogP contribution in [-0.4, -0.2) is 15.8 Å². The van der Waals surface area contributed by atoms with E-state index >= 15 is 0 Å². The van der Waals surface area contributed by atoms with Gasteiger partial charge in [0.25, 0.3) is 0 Å². The maximum atomic E-state index is 11.2. The van der Waals surface area contributed by atoms with Gasteiger partial charge in [0.2, 0.25) is 0 Å². The molecule has 2 nitrogen and oxygen atoms in total. The first kappa shape index (κ1) is 15.9. The maximum Gasteiger partial charge on any atom is 0.115 e. The van der Waals surface area contributed by atoms with Crippen molar-refractivity contribution in [3.8, 4) is 5.75 Å². The van der Waals surface area contributed by atoms with Crippen molar-refractivity contribution < 1.29 is 10.2 Å². The Labute approximate surface area is 152 Å². The number of hydrogen-bond acceptors (Lipinski definition) is 2. The minimum absolute atomic E-state index is 0.0181. The van der Waals surface area contributed by atoms with E-state index in [1.54, 1.807) is 0 Å². The van der Waals surface area contributed by atoms with E-state index in [1.807, 2.05) is 22.3 Å². The molecule has 23 heavy (non-hydrogen) atoms. The summed E-state index contributed by atoms with van der Waals surface area (Å²) in [7, 11) is 0. The van der Waals surface area contributed by atoms with Gasteiger partial charge < -0.3 is 10.2 Å². The van der Waals surface area contributed by atoms with Gasteiger partial charge in [0.1, 0.15) is 5.75 Å². The number of aliphatic hydroxyl groups is 1. The third-order valence-electron chi connectivity index (χ3n) is 7.26. The summed E-state index contributed by atoms with van der Waals surface area (Å²) in [6.45, 7) is 2.32. The van der Waals surface area contributed by atoms with E-state index in [0.717, 1.165) is 32.1 Å². The Bertz CT molecular complexity index is 655. The maximum absolute atomic E-state index is 11.2. The van der Waals surface area contributed by atoms with Crippen LogP contribution in [-0.2, 0) is 6.42 Å². The van der Waals surface area contributed by atoms with Crippen LogP contribution in [0, 0.1) is 17.3 Å². The van der Waals surface area contributed by atoms with Gasteiger partial charge in [-0.2, -0.15) is 0 Å². The highest BCUT2D eigenvalue weighted by Crippen LogP contribution is 2.64. The molecule has 2 N–H and O–H groups in total. The molecular formula is C20H25IO2. The Morgan fingerprint density at radius 1 is 1.22 bits per heavy atom. The summed E-state index contributed by atoms with van der Waals surface area (Å²) in [5.41, 5.74) is 2.19. The molecule has 0 radical (unpaired) electrons. The molecule has 0 heterocycles. The Kier molecular flexibility index (Phi) is 3.80. The van der Waals surface area contributed by atoms with Gasteiger partial charge in [-0.3, -0.25) is 0 Å². The third-order valence-corrected chi connectivity index (χ3v) is 7.62. The number of aryl methyl sites for hydroxylation is 1. The Morgan fingerprint density at radius 2 is 2.04 bits per heavy atom. The van der Waals surface area contributed by atoms with Crippen molar-refractivity contribution in [2.75, 3.05) is 0 Å². The van der Waals surface area contributed by atoms with Crippen LogP contribution in [0.3, 0.4) is 0 Å². The molecule has 3 aliphatic carbocycles. The fourth-order valence-electron chi connectivity index (χ4n) is 6.00. The third kappa shape index (κ3) is 2.22. The molecule has 0 aliphatic heterocycles. The molecule has 0 bridgehead atoms. The van der Waals surface area contributed by atoms with Gasteiger partial charge in [0, 0.05) is 5.41 Å². The molecule has 0 saturated heterocycles. The molecule has 2 fully saturated rings. The Hall–Kier alpha value is -0.550. The molecular weight excluding hydrogens is 399 g/mol. The van der Waals surface area contributed by atoms with Gasteiger partial charge in [-0.1, -0.05) is 35.6 Å². The predicted octanol–water partition coefficient (Wildman–Crippen LogP) is 4.93. The standard InChI is InChI=1S/C20H25IO2/c1-19-8-6-16-15-5-3-14(22)12-13(15)2-4-17(16)18(19)7-9-20(19,23)10-11-21/h3,5,10-12,16-18,22-23H,2,4,6-9H2,1H3. The molecule has 0 amide bonds. The van der Waals surface area contributed by atoms with Crippen molar-refractivity contribution >= 4 is 22.6 Å². The monoisotopic (exact) mass is 424 g/mol. The van der Waals surface area contributed by atoms with E-state index in [4.69, 9.17) is 0 Å². The van der Waals surface area contributed by atoms with Crippen LogP contribution in [0.1, 0.15) is 56.1 Å². The summed E-state index contributed by atoms with van der Waals surface area (Å²) in [5, 5.41) is 21.0.